The van der Waals surface area contributed by atoms with Gasteiger partial charge in [-0.2, -0.15) is 0 Å². The minimum absolute atomic E-state index is 0.0798. The average molecular weight is 421 g/mol. The van der Waals surface area contributed by atoms with Crippen molar-refractivity contribution in [3.8, 4) is 11.8 Å². The van der Waals surface area contributed by atoms with E-state index in [1.54, 1.807) is 37.2 Å². The Bertz CT molecular complexity index is 958. The van der Waals surface area contributed by atoms with E-state index < -0.39 is 12.0 Å². The largest absolute Gasteiger partial charge is 0.467 e. The molecule has 162 valence electrons. The molecule has 0 saturated carbocycles. The predicted molar refractivity (Wildman–Crippen MR) is 119 cm³/mol. The highest BCUT2D eigenvalue weighted by Gasteiger charge is 2.22. The number of esters is 1. The smallest absolute Gasteiger partial charge is 0.328 e. The lowest BCUT2D eigenvalue weighted by atomic mass is 10.0. The van der Waals surface area contributed by atoms with Crippen molar-refractivity contribution in [3.63, 3.8) is 0 Å². The van der Waals surface area contributed by atoms with Gasteiger partial charge in [-0.15, -0.1) is 0 Å². The van der Waals surface area contributed by atoms with Crippen LogP contribution >= 0.6 is 0 Å². The first kappa shape index (κ1) is 23.7. The molecule has 0 aliphatic rings. The van der Waals surface area contributed by atoms with Crippen LogP contribution in [-0.2, 0) is 20.7 Å². The standard InChI is InChI=1S/C25H28N2O4/c1-27(2)23(28)16-9-5-8-11-19-14-10-15-21(17-19)24(29)26-22(25(30)31-3)18-20-12-6-4-7-13-20/h4,6-7,10,12-15,17,22H,5,9,16,18H2,1-3H3,(H,26,29). The third-order valence-electron chi connectivity index (χ3n) is 4.62. The van der Waals surface area contributed by atoms with E-state index in [-0.39, 0.29) is 11.8 Å². The van der Waals surface area contributed by atoms with E-state index in [0.717, 1.165) is 5.56 Å². The first-order chi connectivity index (χ1) is 14.9. The lowest BCUT2D eigenvalue weighted by Crippen LogP contribution is -2.43. The summed E-state index contributed by atoms with van der Waals surface area (Å²) in [7, 11) is 4.76. The fourth-order valence-corrected chi connectivity index (χ4v) is 2.88. The molecule has 2 rings (SSSR count). The third-order valence-corrected chi connectivity index (χ3v) is 4.62. The van der Waals surface area contributed by atoms with Crippen molar-refractivity contribution >= 4 is 17.8 Å². The Morgan fingerprint density at radius 2 is 1.81 bits per heavy atom. The average Bonchev–Trinajstić information content (AvgIpc) is 2.78. The Morgan fingerprint density at radius 3 is 2.48 bits per heavy atom. The number of methoxy groups -OCH3 is 1. The van der Waals surface area contributed by atoms with E-state index in [1.807, 2.05) is 36.4 Å². The molecule has 0 aliphatic carbocycles. The van der Waals surface area contributed by atoms with Gasteiger partial charge in [0.05, 0.1) is 7.11 Å². The highest BCUT2D eigenvalue weighted by molar-refractivity contribution is 5.97. The van der Waals surface area contributed by atoms with E-state index in [9.17, 15) is 14.4 Å². The summed E-state index contributed by atoms with van der Waals surface area (Å²) in [5.74, 6) is 5.27. The second kappa shape index (κ2) is 12.2. The summed E-state index contributed by atoms with van der Waals surface area (Å²) in [6, 6.07) is 15.6. The van der Waals surface area contributed by atoms with Gasteiger partial charge < -0.3 is 15.0 Å². The number of ether oxygens (including phenoxy) is 1. The molecule has 0 radical (unpaired) electrons. The zero-order valence-corrected chi connectivity index (χ0v) is 18.2. The molecule has 0 heterocycles. The summed E-state index contributed by atoms with van der Waals surface area (Å²) >= 11 is 0. The van der Waals surface area contributed by atoms with Crippen LogP contribution in [0.3, 0.4) is 0 Å². The van der Waals surface area contributed by atoms with Crippen LogP contribution in [0.5, 0.6) is 0 Å². The monoisotopic (exact) mass is 420 g/mol. The van der Waals surface area contributed by atoms with E-state index in [2.05, 4.69) is 17.2 Å². The van der Waals surface area contributed by atoms with Gasteiger partial charge in [-0.3, -0.25) is 9.59 Å². The fraction of sp³-hybridized carbons (Fsp3) is 0.320. The van der Waals surface area contributed by atoms with Gasteiger partial charge in [-0.05, 0) is 30.2 Å². The fourth-order valence-electron chi connectivity index (χ4n) is 2.88. The Morgan fingerprint density at radius 1 is 1.06 bits per heavy atom. The second-order valence-corrected chi connectivity index (χ2v) is 7.26. The Balaban J connectivity index is 2.00. The molecule has 1 atom stereocenters. The molecule has 0 spiro atoms. The number of benzene rings is 2. The maximum Gasteiger partial charge on any atom is 0.328 e. The van der Waals surface area contributed by atoms with Crippen molar-refractivity contribution in [1.82, 2.24) is 10.2 Å². The zero-order chi connectivity index (χ0) is 22.6. The van der Waals surface area contributed by atoms with Crippen LogP contribution < -0.4 is 5.32 Å². The van der Waals surface area contributed by atoms with Crippen molar-refractivity contribution in [2.45, 2.75) is 31.7 Å². The maximum absolute atomic E-state index is 12.7. The molecule has 0 aliphatic heterocycles. The number of hydrogen-bond donors (Lipinski definition) is 1. The van der Waals surface area contributed by atoms with Gasteiger partial charge in [0.1, 0.15) is 6.04 Å². The number of carbonyl (C=O) groups excluding carboxylic acids is 3. The normalized spacial score (nSPS) is 10.9. The van der Waals surface area contributed by atoms with Gasteiger partial charge in [0.25, 0.3) is 5.91 Å². The van der Waals surface area contributed by atoms with Gasteiger partial charge in [0, 0.05) is 44.5 Å². The SMILES string of the molecule is COC(=O)C(Cc1ccccc1)NC(=O)c1cccc(C#CCCCC(=O)N(C)C)c1. The summed E-state index contributed by atoms with van der Waals surface area (Å²) in [6.07, 6.45) is 2.08. The van der Waals surface area contributed by atoms with Crippen molar-refractivity contribution in [2.24, 2.45) is 0 Å². The van der Waals surface area contributed by atoms with Gasteiger partial charge in [-0.1, -0.05) is 48.2 Å². The topological polar surface area (TPSA) is 75.7 Å². The summed E-state index contributed by atoms with van der Waals surface area (Å²) in [5.41, 5.74) is 2.03. The number of carbonyl (C=O) groups is 3. The van der Waals surface area contributed by atoms with Crippen molar-refractivity contribution < 1.29 is 19.1 Å². The molecule has 6 nitrogen and oxygen atoms in total. The Labute approximate surface area is 183 Å². The summed E-state index contributed by atoms with van der Waals surface area (Å²) in [4.78, 5) is 38.0. The number of nitrogens with zero attached hydrogens (tertiary/aromatic N) is 1. The molecule has 1 N–H and O–H groups in total. The van der Waals surface area contributed by atoms with Crippen molar-refractivity contribution in [2.75, 3.05) is 21.2 Å². The first-order valence-electron chi connectivity index (χ1n) is 10.1. The van der Waals surface area contributed by atoms with Gasteiger partial charge in [-0.25, -0.2) is 4.79 Å². The quantitative estimate of drug-likeness (QED) is 0.405. The zero-order valence-electron chi connectivity index (χ0n) is 18.2. The van der Waals surface area contributed by atoms with Gasteiger partial charge in [0.15, 0.2) is 0 Å². The van der Waals surface area contributed by atoms with E-state index >= 15 is 0 Å². The molecule has 2 amide bonds. The van der Waals surface area contributed by atoms with Crippen molar-refractivity contribution in [1.29, 1.82) is 0 Å². The molecule has 1 unspecified atom stereocenters. The van der Waals surface area contributed by atoms with Crippen LogP contribution in [-0.4, -0.2) is 49.9 Å². The number of unbranched alkanes of at least 4 members (excludes halogenated alkanes) is 1. The van der Waals surface area contributed by atoms with E-state index in [0.29, 0.717) is 36.8 Å². The molecule has 0 saturated heterocycles. The number of nitrogens with one attached hydrogen (secondary N) is 1. The molecule has 2 aromatic rings. The van der Waals surface area contributed by atoms with Crippen LogP contribution in [0, 0.1) is 11.8 Å². The molecular weight excluding hydrogens is 392 g/mol. The summed E-state index contributed by atoms with van der Waals surface area (Å²) < 4.78 is 4.85. The molecule has 31 heavy (non-hydrogen) atoms. The van der Waals surface area contributed by atoms with Crippen LogP contribution in [0.1, 0.15) is 40.7 Å². The lowest BCUT2D eigenvalue weighted by Gasteiger charge is -2.16. The Kier molecular flexibility index (Phi) is 9.31. The summed E-state index contributed by atoms with van der Waals surface area (Å²) in [5, 5.41) is 2.76. The molecule has 2 aromatic carbocycles. The minimum atomic E-state index is -0.788. The van der Waals surface area contributed by atoms with Crippen LogP contribution in [0.15, 0.2) is 54.6 Å². The van der Waals surface area contributed by atoms with E-state index in [4.69, 9.17) is 4.74 Å². The van der Waals surface area contributed by atoms with Crippen LogP contribution in [0.4, 0.5) is 0 Å². The molecule has 0 fully saturated rings. The van der Waals surface area contributed by atoms with Gasteiger partial charge in [0.2, 0.25) is 5.91 Å². The first-order valence-corrected chi connectivity index (χ1v) is 10.1. The van der Waals surface area contributed by atoms with Crippen LogP contribution in [0.2, 0.25) is 0 Å². The molecule has 0 aromatic heterocycles. The Hall–Kier alpha value is -3.59. The lowest BCUT2D eigenvalue weighted by molar-refractivity contribution is -0.142. The minimum Gasteiger partial charge on any atom is -0.467 e. The van der Waals surface area contributed by atoms with E-state index in [1.165, 1.54) is 7.11 Å². The highest BCUT2D eigenvalue weighted by Crippen LogP contribution is 2.08. The van der Waals surface area contributed by atoms with Crippen molar-refractivity contribution in [3.05, 3.63) is 71.3 Å². The number of amides is 2. The van der Waals surface area contributed by atoms with Gasteiger partial charge >= 0.3 is 5.97 Å². The molecule has 0 bridgehead atoms. The molecular formula is C25H28N2O4. The van der Waals surface area contributed by atoms with Crippen LogP contribution in [0.25, 0.3) is 0 Å². The predicted octanol–water partition coefficient (Wildman–Crippen LogP) is 2.81. The second-order valence-electron chi connectivity index (χ2n) is 7.26. The number of rotatable bonds is 8. The highest BCUT2D eigenvalue weighted by atomic mass is 16.5. The molecule has 6 heteroatoms. The third kappa shape index (κ3) is 7.98. The summed E-state index contributed by atoms with van der Waals surface area (Å²) in [6.45, 7) is 0. The number of hydrogen-bond acceptors (Lipinski definition) is 4. The maximum atomic E-state index is 12.7.